The Hall–Kier alpha value is -3.24. The molecule has 2 N–H and O–H groups in total. The Morgan fingerprint density at radius 1 is 1.11 bits per heavy atom. The molecule has 0 spiro atoms. The smallest absolute Gasteiger partial charge is 0.325 e. The van der Waals surface area contributed by atoms with Gasteiger partial charge in [0, 0.05) is 60.5 Å². The number of nitrogens with one attached hydrogen (secondary N) is 2. The number of ether oxygens (including phenoxy) is 1. The zero-order chi connectivity index (χ0) is 23.9. The maximum absolute atomic E-state index is 14.7. The number of hydrogen-bond donors (Lipinski definition) is 2. The van der Waals surface area contributed by atoms with Crippen molar-refractivity contribution in [3.63, 3.8) is 0 Å². The van der Waals surface area contributed by atoms with Crippen LogP contribution in [0.3, 0.4) is 0 Å². The third-order valence-corrected chi connectivity index (χ3v) is 7.86. The molecule has 182 valence electrons. The van der Waals surface area contributed by atoms with Gasteiger partial charge in [-0.1, -0.05) is 6.42 Å². The SMILES string of the molecule is Cc1cc2cc(Oc3nc(Nc4ncc(C5CCC5)s4)cc(N4CCN(C)CC4)n3)cc(F)c2[nH]1. The summed E-state index contributed by atoms with van der Waals surface area (Å²) in [5.74, 6) is 2.01. The van der Waals surface area contributed by atoms with Crippen LogP contribution in [-0.2, 0) is 0 Å². The number of aromatic nitrogens is 4. The third kappa shape index (κ3) is 4.68. The van der Waals surface area contributed by atoms with Crippen molar-refractivity contribution in [2.45, 2.75) is 32.1 Å². The van der Waals surface area contributed by atoms with Gasteiger partial charge in [-0.25, -0.2) is 9.37 Å². The van der Waals surface area contributed by atoms with Crippen molar-refractivity contribution >= 4 is 39.0 Å². The van der Waals surface area contributed by atoms with Crippen molar-refractivity contribution < 1.29 is 9.13 Å². The Bertz CT molecular complexity index is 1360. The summed E-state index contributed by atoms with van der Waals surface area (Å²) < 4.78 is 20.7. The Labute approximate surface area is 207 Å². The van der Waals surface area contributed by atoms with E-state index in [2.05, 4.69) is 42.1 Å². The number of anilines is 3. The van der Waals surface area contributed by atoms with Gasteiger partial charge in [0.25, 0.3) is 0 Å². The molecular weight excluding hydrogens is 465 g/mol. The lowest BCUT2D eigenvalue weighted by Gasteiger charge is -2.33. The highest BCUT2D eigenvalue weighted by molar-refractivity contribution is 7.15. The van der Waals surface area contributed by atoms with Crippen LogP contribution in [0.1, 0.15) is 35.8 Å². The molecule has 0 radical (unpaired) electrons. The molecule has 1 saturated carbocycles. The molecule has 8 nitrogen and oxygen atoms in total. The van der Waals surface area contributed by atoms with Gasteiger partial charge >= 0.3 is 6.01 Å². The first-order valence-electron chi connectivity index (χ1n) is 12.0. The molecule has 4 heterocycles. The van der Waals surface area contributed by atoms with E-state index in [1.165, 1.54) is 30.2 Å². The fourth-order valence-electron chi connectivity index (χ4n) is 4.53. The minimum atomic E-state index is -0.370. The van der Waals surface area contributed by atoms with Crippen LogP contribution in [0.5, 0.6) is 11.8 Å². The average molecular weight is 494 g/mol. The highest BCUT2D eigenvalue weighted by atomic mass is 32.1. The molecule has 1 aliphatic carbocycles. The minimum absolute atomic E-state index is 0.172. The summed E-state index contributed by atoms with van der Waals surface area (Å²) >= 11 is 1.67. The fraction of sp³-hybridized carbons (Fsp3) is 0.400. The summed E-state index contributed by atoms with van der Waals surface area (Å²) in [6, 6.07) is 7.16. The molecule has 0 atom stereocenters. The van der Waals surface area contributed by atoms with E-state index in [-0.39, 0.29) is 11.8 Å². The number of aryl methyl sites for hydroxylation is 1. The standard InChI is InChI=1S/C25H28FN7OS/c1-15-10-17-11-18(12-19(26)23(17)28-15)34-24-29-21(13-22(31-24)33-8-6-32(2)7-9-33)30-25-27-14-20(35-25)16-4-3-5-16/h10-14,16,28H,3-9H2,1-2H3,(H,27,29,30,31). The van der Waals surface area contributed by atoms with Crippen molar-refractivity contribution in [1.82, 2.24) is 24.8 Å². The number of halogens is 1. The number of benzene rings is 1. The van der Waals surface area contributed by atoms with Gasteiger partial charge in [-0.05, 0) is 44.9 Å². The molecule has 3 aromatic heterocycles. The predicted molar refractivity (Wildman–Crippen MR) is 137 cm³/mol. The molecule has 1 aliphatic heterocycles. The number of thiazole rings is 1. The zero-order valence-electron chi connectivity index (χ0n) is 19.8. The van der Waals surface area contributed by atoms with Crippen LogP contribution in [-0.4, -0.2) is 58.1 Å². The van der Waals surface area contributed by atoms with Crippen LogP contribution in [0.4, 0.5) is 21.2 Å². The van der Waals surface area contributed by atoms with E-state index < -0.39 is 0 Å². The van der Waals surface area contributed by atoms with Crippen LogP contribution < -0.4 is 15.0 Å². The average Bonchev–Trinajstić information content (AvgIpc) is 3.39. The first-order chi connectivity index (χ1) is 17.0. The summed E-state index contributed by atoms with van der Waals surface area (Å²) in [7, 11) is 2.12. The normalized spacial score (nSPS) is 17.1. The van der Waals surface area contributed by atoms with Gasteiger partial charge in [0.15, 0.2) is 10.9 Å². The van der Waals surface area contributed by atoms with Gasteiger partial charge in [-0.15, -0.1) is 11.3 Å². The maximum Gasteiger partial charge on any atom is 0.325 e. The number of likely N-dealkylation sites (N-methyl/N-ethyl adjacent to an activating group) is 1. The largest absolute Gasteiger partial charge is 0.424 e. The number of piperazine rings is 1. The van der Waals surface area contributed by atoms with Gasteiger partial charge in [-0.3, -0.25) is 0 Å². The Balaban J connectivity index is 1.31. The summed E-state index contributed by atoms with van der Waals surface area (Å²) in [6.07, 6.45) is 5.74. The number of fused-ring (bicyclic) bond motifs is 1. The van der Waals surface area contributed by atoms with Crippen LogP contribution in [0.2, 0.25) is 0 Å². The molecule has 2 fully saturated rings. The number of H-pyrrole nitrogens is 1. The summed E-state index contributed by atoms with van der Waals surface area (Å²) in [5, 5.41) is 4.90. The Morgan fingerprint density at radius 2 is 1.94 bits per heavy atom. The molecule has 10 heteroatoms. The van der Waals surface area contributed by atoms with Crippen molar-refractivity contribution in [3.8, 4) is 11.8 Å². The molecule has 0 bridgehead atoms. The monoisotopic (exact) mass is 493 g/mol. The van der Waals surface area contributed by atoms with Gasteiger partial charge in [-0.2, -0.15) is 9.97 Å². The molecule has 2 aliphatic rings. The van der Waals surface area contributed by atoms with Crippen LogP contribution in [0.25, 0.3) is 10.9 Å². The molecule has 4 aromatic rings. The lowest BCUT2D eigenvalue weighted by Crippen LogP contribution is -2.44. The second-order valence-electron chi connectivity index (χ2n) is 9.43. The molecule has 1 aromatic carbocycles. The lowest BCUT2D eigenvalue weighted by atomic mass is 9.85. The van der Waals surface area contributed by atoms with E-state index in [9.17, 15) is 4.39 Å². The van der Waals surface area contributed by atoms with E-state index in [0.29, 0.717) is 23.0 Å². The second kappa shape index (κ2) is 9.09. The third-order valence-electron chi connectivity index (χ3n) is 6.78. The minimum Gasteiger partial charge on any atom is -0.424 e. The molecular formula is C25H28FN7OS. The maximum atomic E-state index is 14.7. The van der Waals surface area contributed by atoms with E-state index in [1.807, 2.05) is 25.3 Å². The van der Waals surface area contributed by atoms with Crippen molar-refractivity contribution in [2.24, 2.45) is 0 Å². The van der Waals surface area contributed by atoms with E-state index in [1.54, 1.807) is 17.4 Å². The van der Waals surface area contributed by atoms with E-state index >= 15 is 0 Å². The first-order valence-corrected chi connectivity index (χ1v) is 12.8. The quantitative estimate of drug-likeness (QED) is 0.371. The van der Waals surface area contributed by atoms with Gasteiger partial charge in [0.05, 0.1) is 5.52 Å². The highest BCUT2D eigenvalue weighted by Crippen LogP contribution is 2.40. The van der Waals surface area contributed by atoms with Gasteiger partial charge in [0.2, 0.25) is 0 Å². The number of hydrogen-bond acceptors (Lipinski definition) is 8. The predicted octanol–water partition coefficient (Wildman–Crippen LogP) is 5.42. The van der Waals surface area contributed by atoms with Crippen LogP contribution >= 0.6 is 11.3 Å². The second-order valence-corrected chi connectivity index (χ2v) is 10.5. The number of nitrogens with zero attached hydrogens (tertiary/aromatic N) is 5. The van der Waals surface area contributed by atoms with Crippen LogP contribution in [0, 0.1) is 12.7 Å². The summed E-state index contributed by atoms with van der Waals surface area (Å²) in [5.41, 5.74) is 1.36. The Kier molecular flexibility index (Phi) is 5.77. The number of aromatic amines is 1. The summed E-state index contributed by atoms with van der Waals surface area (Å²) in [4.78, 5) is 22.7. The summed E-state index contributed by atoms with van der Waals surface area (Å²) in [6.45, 7) is 5.52. The van der Waals surface area contributed by atoms with Crippen molar-refractivity contribution in [2.75, 3.05) is 43.4 Å². The van der Waals surface area contributed by atoms with Crippen LogP contribution in [0.15, 0.2) is 30.5 Å². The van der Waals surface area contributed by atoms with E-state index in [0.717, 1.165) is 48.2 Å². The molecule has 6 rings (SSSR count). The van der Waals surface area contributed by atoms with E-state index in [4.69, 9.17) is 4.74 Å². The highest BCUT2D eigenvalue weighted by Gasteiger charge is 2.23. The van der Waals surface area contributed by atoms with Gasteiger partial charge in [0.1, 0.15) is 17.4 Å². The number of rotatable bonds is 6. The molecule has 1 saturated heterocycles. The molecule has 35 heavy (non-hydrogen) atoms. The van der Waals surface area contributed by atoms with Crippen molar-refractivity contribution in [1.29, 1.82) is 0 Å². The molecule has 0 unspecified atom stereocenters. The van der Waals surface area contributed by atoms with Gasteiger partial charge < -0.3 is 24.8 Å². The lowest BCUT2D eigenvalue weighted by molar-refractivity contribution is 0.311. The first kappa shape index (κ1) is 22.2. The Morgan fingerprint density at radius 3 is 2.71 bits per heavy atom. The fourth-order valence-corrected chi connectivity index (χ4v) is 5.53. The van der Waals surface area contributed by atoms with Crippen molar-refractivity contribution in [3.05, 3.63) is 46.9 Å². The molecule has 0 amide bonds. The zero-order valence-corrected chi connectivity index (χ0v) is 20.7. The topological polar surface area (TPSA) is 82.2 Å².